The van der Waals surface area contributed by atoms with Gasteiger partial charge in [0.15, 0.2) is 10.3 Å². The van der Waals surface area contributed by atoms with Gasteiger partial charge < -0.3 is 19.7 Å². The van der Waals surface area contributed by atoms with Crippen molar-refractivity contribution in [2.45, 2.75) is 38.5 Å². The van der Waals surface area contributed by atoms with E-state index < -0.39 is 0 Å². The van der Waals surface area contributed by atoms with E-state index in [1.54, 1.807) is 25.4 Å². The van der Waals surface area contributed by atoms with E-state index in [4.69, 9.17) is 14.5 Å². The molecular weight excluding hydrogens is 460 g/mol. The number of piperidine rings is 1. The van der Waals surface area contributed by atoms with Crippen LogP contribution in [0.3, 0.4) is 0 Å². The molecule has 0 radical (unpaired) electrons. The van der Waals surface area contributed by atoms with Crippen molar-refractivity contribution in [1.29, 1.82) is 0 Å². The molecule has 1 fully saturated rings. The van der Waals surface area contributed by atoms with Crippen molar-refractivity contribution in [3.8, 4) is 5.75 Å². The van der Waals surface area contributed by atoms with Gasteiger partial charge in [-0.15, -0.1) is 11.3 Å². The Labute approximate surface area is 199 Å². The number of anilines is 2. The Morgan fingerprint density at radius 3 is 2.76 bits per heavy atom. The molecule has 1 aromatic carbocycles. The second-order valence-corrected chi connectivity index (χ2v) is 10.3. The van der Waals surface area contributed by atoms with Gasteiger partial charge in [0.2, 0.25) is 5.91 Å². The van der Waals surface area contributed by atoms with Crippen molar-refractivity contribution in [2.75, 3.05) is 37.0 Å². The fourth-order valence-corrected chi connectivity index (χ4v) is 6.54. The number of hydrogen-bond donors (Lipinski definition) is 1. The number of aryl methyl sites for hydroxylation is 1. The number of aromatic nitrogens is 2. The van der Waals surface area contributed by atoms with Gasteiger partial charge in [-0.1, -0.05) is 11.3 Å². The van der Waals surface area contributed by atoms with Crippen LogP contribution in [-0.2, 0) is 20.7 Å². The van der Waals surface area contributed by atoms with E-state index in [1.807, 2.05) is 18.2 Å². The zero-order valence-corrected chi connectivity index (χ0v) is 20.3. The van der Waals surface area contributed by atoms with Crippen LogP contribution in [0.25, 0.3) is 10.2 Å². The van der Waals surface area contributed by atoms with E-state index in [-0.39, 0.29) is 23.7 Å². The van der Waals surface area contributed by atoms with Crippen LogP contribution in [0.15, 0.2) is 18.2 Å². The predicted molar refractivity (Wildman–Crippen MR) is 130 cm³/mol. The number of carbonyl (C=O) groups excluding carboxylic acids is 2. The second kappa shape index (κ2) is 9.26. The molecule has 2 aliphatic rings. The Morgan fingerprint density at radius 1 is 1.18 bits per heavy atom. The van der Waals surface area contributed by atoms with Crippen LogP contribution < -0.4 is 15.0 Å². The lowest BCUT2D eigenvalue weighted by molar-refractivity contribution is -0.145. The van der Waals surface area contributed by atoms with Crippen LogP contribution in [0.5, 0.6) is 5.75 Å². The lowest BCUT2D eigenvalue weighted by atomic mass is 9.96. The fraction of sp³-hybridized carbons (Fsp3) is 0.478. The number of thiazole rings is 2. The number of nitrogens with zero attached hydrogens (tertiary/aromatic N) is 3. The number of amides is 1. The molecule has 1 aliphatic heterocycles. The molecule has 1 aliphatic carbocycles. The minimum atomic E-state index is -0.307. The lowest BCUT2D eigenvalue weighted by Crippen LogP contribution is -2.38. The normalized spacial score (nSPS) is 18.4. The minimum absolute atomic E-state index is 0.00351. The van der Waals surface area contributed by atoms with Crippen LogP contribution in [0.4, 0.5) is 10.3 Å². The van der Waals surface area contributed by atoms with Gasteiger partial charge in [0.1, 0.15) is 11.7 Å². The van der Waals surface area contributed by atoms with E-state index in [9.17, 15) is 9.59 Å². The van der Waals surface area contributed by atoms with Crippen LogP contribution in [0, 0.1) is 5.92 Å². The number of ether oxygens (including phenoxy) is 2. The first-order chi connectivity index (χ1) is 16.1. The molecule has 1 saturated heterocycles. The molecule has 1 N–H and O–H groups in total. The Hall–Kier alpha value is -2.72. The van der Waals surface area contributed by atoms with Crippen LogP contribution in [0.1, 0.15) is 42.7 Å². The Balaban J connectivity index is 1.19. The molecule has 5 rings (SSSR count). The molecule has 174 valence electrons. The number of esters is 1. The highest BCUT2D eigenvalue weighted by atomic mass is 32.1. The van der Waals surface area contributed by atoms with Gasteiger partial charge in [-0.2, -0.15) is 0 Å². The van der Waals surface area contributed by atoms with Crippen molar-refractivity contribution >= 4 is 55.0 Å². The summed E-state index contributed by atoms with van der Waals surface area (Å²) < 4.78 is 11.6. The van der Waals surface area contributed by atoms with Crippen molar-refractivity contribution in [1.82, 2.24) is 9.97 Å². The maximum Gasteiger partial charge on any atom is 0.315 e. The van der Waals surface area contributed by atoms with Crippen molar-refractivity contribution in [2.24, 2.45) is 5.92 Å². The molecule has 2 aromatic heterocycles. The molecule has 33 heavy (non-hydrogen) atoms. The van der Waals surface area contributed by atoms with E-state index in [2.05, 4.69) is 15.2 Å². The molecule has 1 atom stereocenters. The van der Waals surface area contributed by atoms with E-state index >= 15 is 0 Å². The predicted octanol–water partition coefficient (Wildman–Crippen LogP) is 4.21. The maximum atomic E-state index is 12.9. The first-order valence-electron chi connectivity index (χ1n) is 11.2. The molecule has 0 spiro atoms. The van der Waals surface area contributed by atoms with Gasteiger partial charge in [0.25, 0.3) is 0 Å². The van der Waals surface area contributed by atoms with Gasteiger partial charge in [0, 0.05) is 23.9 Å². The largest absolute Gasteiger partial charge is 0.497 e. The van der Waals surface area contributed by atoms with Gasteiger partial charge in [0.05, 0.1) is 29.6 Å². The molecule has 10 heteroatoms. The topological polar surface area (TPSA) is 93.7 Å². The summed E-state index contributed by atoms with van der Waals surface area (Å²) in [5.41, 5.74) is 1.74. The molecule has 8 nitrogen and oxygen atoms in total. The van der Waals surface area contributed by atoms with Crippen molar-refractivity contribution < 1.29 is 19.1 Å². The number of nitrogens with one attached hydrogen (secondary N) is 1. The summed E-state index contributed by atoms with van der Waals surface area (Å²) in [7, 11) is 1.66. The van der Waals surface area contributed by atoms with Crippen LogP contribution in [0.2, 0.25) is 0 Å². The number of rotatable bonds is 6. The van der Waals surface area contributed by atoms with Gasteiger partial charge >= 0.3 is 5.97 Å². The third-order valence-electron chi connectivity index (χ3n) is 6.24. The summed E-state index contributed by atoms with van der Waals surface area (Å²) in [4.78, 5) is 37.7. The molecule has 1 amide bonds. The van der Waals surface area contributed by atoms with Gasteiger partial charge in [-0.25, -0.2) is 9.97 Å². The van der Waals surface area contributed by atoms with Crippen LogP contribution >= 0.6 is 22.7 Å². The second-order valence-electron chi connectivity index (χ2n) is 8.25. The third kappa shape index (κ3) is 4.41. The third-order valence-corrected chi connectivity index (χ3v) is 8.36. The van der Waals surface area contributed by atoms with E-state index in [0.29, 0.717) is 11.7 Å². The zero-order valence-electron chi connectivity index (χ0n) is 18.6. The van der Waals surface area contributed by atoms with Crippen molar-refractivity contribution in [3.63, 3.8) is 0 Å². The van der Waals surface area contributed by atoms with E-state index in [0.717, 1.165) is 70.4 Å². The quantitative estimate of drug-likeness (QED) is 0.522. The lowest BCUT2D eigenvalue weighted by Gasteiger charge is -2.30. The van der Waals surface area contributed by atoms with E-state index in [1.165, 1.54) is 11.3 Å². The summed E-state index contributed by atoms with van der Waals surface area (Å²) in [6.07, 6.45) is 3.07. The van der Waals surface area contributed by atoms with Crippen molar-refractivity contribution in [3.05, 3.63) is 28.8 Å². The Kier molecular flexibility index (Phi) is 6.20. The first-order valence-corrected chi connectivity index (χ1v) is 12.9. The van der Waals surface area contributed by atoms with Gasteiger partial charge in [-0.05, 0) is 50.8 Å². The number of benzene rings is 1. The SMILES string of the molecule is CCOC(=O)C1CCc2sc(NC(=O)C3CCN(c4nc5ccc(OC)cc5s4)CC3)nc21. The summed E-state index contributed by atoms with van der Waals surface area (Å²) in [6.45, 7) is 3.74. The molecule has 3 heterocycles. The average molecular weight is 487 g/mol. The fourth-order valence-electron chi connectivity index (χ4n) is 4.45. The summed E-state index contributed by atoms with van der Waals surface area (Å²) >= 11 is 3.13. The number of hydrogen-bond acceptors (Lipinski definition) is 9. The highest BCUT2D eigenvalue weighted by Gasteiger charge is 2.34. The highest BCUT2D eigenvalue weighted by Crippen LogP contribution is 2.39. The summed E-state index contributed by atoms with van der Waals surface area (Å²) in [6, 6.07) is 5.91. The zero-order chi connectivity index (χ0) is 22.9. The smallest absolute Gasteiger partial charge is 0.315 e. The summed E-state index contributed by atoms with van der Waals surface area (Å²) in [5, 5.41) is 4.56. The Bertz CT molecular complexity index is 1180. The molecule has 1 unspecified atom stereocenters. The molecule has 3 aromatic rings. The number of methoxy groups -OCH3 is 1. The molecule has 0 bridgehead atoms. The standard InChI is InChI=1S/C23H26N4O4S2/c1-3-31-21(29)15-5-7-17-19(15)25-22(32-17)26-20(28)13-8-10-27(11-9-13)23-24-16-6-4-14(30-2)12-18(16)33-23/h4,6,12-13,15H,3,5,7-11H2,1-2H3,(H,25,26,28). The van der Waals surface area contributed by atoms with Gasteiger partial charge in [-0.3, -0.25) is 9.59 Å². The average Bonchev–Trinajstić information content (AvgIpc) is 3.52. The minimum Gasteiger partial charge on any atom is -0.497 e. The first kappa shape index (κ1) is 22.1. The monoisotopic (exact) mass is 486 g/mol. The Morgan fingerprint density at radius 2 is 2.00 bits per heavy atom. The maximum absolute atomic E-state index is 12.9. The number of fused-ring (bicyclic) bond motifs is 2. The highest BCUT2D eigenvalue weighted by molar-refractivity contribution is 7.22. The summed E-state index contributed by atoms with van der Waals surface area (Å²) in [5.74, 6) is 0.243. The molecular formula is C23H26N4O4S2. The number of carbonyl (C=O) groups is 2. The molecule has 0 saturated carbocycles. The van der Waals surface area contributed by atoms with Crippen LogP contribution in [-0.4, -0.2) is 48.7 Å².